The third-order valence-corrected chi connectivity index (χ3v) is 4.67. The molecule has 0 aliphatic carbocycles. The Hall–Kier alpha value is -1.30. The molecule has 0 radical (unpaired) electrons. The van der Waals surface area contributed by atoms with Gasteiger partial charge in [-0.2, -0.15) is 0 Å². The summed E-state index contributed by atoms with van der Waals surface area (Å²) in [4.78, 5) is 27.4. The number of hydrogen-bond donors (Lipinski definition) is 1. The molecular formula is C14H25N3O3. The SMILES string of the molecule is CCC1(CC)CN(C(=O)[C@@H]2CCCN2C(N)=O)CCO1. The molecule has 2 aliphatic rings. The summed E-state index contributed by atoms with van der Waals surface area (Å²) in [5, 5.41) is 0. The van der Waals surface area contributed by atoms with E-state index in [2.05, 4.69) is 13.8 Å². The van der Waals surface area contributed by atoms with E-state index in [1.54, 1.807) is 0 Å². The number of rotatable bonds is 3. The normalized spacial score (nSPS) is 25.8. The summed E-state index contributed by atoms with van der Waals surface area (Å²) in [7, 11) is 0. The fraction of sp³-hybridized carbons (Fsp3) is 0.857. The molecule has 2 rings (SSSR count). The standard InChI is InChI=1S/C14H25N3O3/c1-3-14(4-2)10-16(8-9-20-14)12(18)11-6-5-7-17(11)13(15)19/h11H,3-10H2,1-2H3,(H2,15,19)/t11-/m0/s1. The minimum Gasteiger partial charge on any atom is -0.371 e. The van der Waals surface area contributed by atoms with E-state index in [1.165, 1.54) is 4.90 Å². The van der Waals surface area contributed by atoms with Gasteiger partial charge in [-0.25, -0.2) is 4.79 Å². The first kappa shape index (κ1) is 15.1. The Labute approximate surface area is 120 Å². The molecule has 20 heavy (non-hydrogen) atoms. The quantitative estimate of drug-likeness (QED) is 0.837. The minimum atomic E-state index is -0.494. The molecule has 2 N–H and O–H groups in total. The maximum atomic E-state index is 12.7. The third kappa shape index (κ3) is 2.75. The predicted molar refractivity (Wildman–Crippen MR) is 75.2 cm³/mol. The number of likely N-dealkylation sites (tertiary alicyclic amines) is 1. The van der Waals surface area contributed by atoms with Crippen molar-refractivity contribution in [2.45, 2.75) is 51.2 Å². The molecule has 2 aliphatic heterocycles. The van der Waals surface area contributed by atoms with Crippen LogP contribution in [-0.4, -0.2) is 59.6 Å². The summed E-state index contributed by atoms with van der Waals surface area (Å²) in [6.45, 7) is 6.54. The van der Waals surface area contributed by atoms with Gasteiger partial charge in [-0.1, -0.05) is 13.8 Å². The van der Waals surface area contributed by atoms with Crippen molar-refractivity contribution in [3.8, 4) is 0 Å². The lowest BCUT2D eigenvalue weighted by molar-refractivity contribution is -0.155. The number of morpholine rings is 1. The second kappa shape index (κ2) is 5.99. The van der Waals surface area contributed by atoms with Crippen LogP contribution in [0.25, 0.3) is 0 Å². The van der Waals surface area contributed by atoms with Crippen LogP contribution in [0.3, 0.4) is 0 Å². The molecule has 0 spiro atoms. The Kier molecular flexibility index (Phi) is 4.52. The van der Waals surface area contributed by atoms with Gasteiger partial charge in [0, 0.05) is 19.6 Å². The van der Waals surface area contributed by atoms with Crippen LogP contribution in [0, 0.1) is 0 Å². The van der Waals surface area contributed by atoms with Gasteiger partial charge >= 0.3 is 6.03 Å². The molecule has 0 unspecified atom stereocenters. The number of carbonyl (C=O) groups is 2. The van der Waals surface area contributed by atoms with Crippen molar-refractivity contribution >= 4 is 11.9 Å². The predicted octanol–water partition coefficient (Wildman–Crippen LogP) is 0.947. The molecule has 0 aromatic carbocycles. The van der Waals surface area contributed by atoms with E-state index in [-0.39, 0.29) is 17.6 Å². The van der Waals surface area contributed by atoms with Gasteiger partial charge in [-0.3, -0.25) is 4.79 Å². The van der Waals surface area contributed by atoms with E-state index in [4.69, 9.17) is 10.5 Å². The molecule has 6 heteroatoms. The first-order valence-corrected chi connectivity index (χ1v) is 7.52. The lowest BCUT2D eigenvalue weighted by Gasteiger charge is -2.43. The number of amides is 3. The Morgan fingerprint density at radius 3 is 2.60 bits per heavy atom. The van der Waals surface area contributed by atoms with Gasteiger partial charge in [0.15, 0.2) is 0 Å². The topological polar surface area (TPSA) is 75.9 Å². The van der Waals surface area contributed by atoms with Crippen molar-refractivity contribution in [3.63, 3.8) is 0 Å². The summed E-state index contributed by atoms with van der Waals surface area (Å²) >= 11 is 0. The zero-order valence-corrected chi connectivity index (χ0v) is 12.4. The second-order valence-corrected chi connectivity index (χ2v) is 5.69. The van der Waals surface area contributed by atoms with Crippen molar-refractivity contribution in [3.05, 3.63) is 0 Å². The van der Waals surface area contributed by atoms with Gasteiger partial charge in [0.1, 0.15) is 6.04 Å². The first-order chi connectivity index (χ1) is 9.53. The summed E-state index contributed by atoms with van der Waals surface area (Å²) in [6.07, 6.45) is 3.33. The zero-order valence-electron chi connectivity index (χ0n) is 12.4. The molecule has 0 saturated carbocycles. The summed E-state index contributed by atoms with van der Waals surface area (Å²) < 4.78 is 5.88. The van der Waals surface area contributed by atoms with Crippen molar-refractivity contribution < 1.29 is 14.3 Å². The molecule has 2 fully saturated rings. The smallest absolute Gasteiger partial charge is 0.315 e. The van der Waals surface area contributed by atoms with Gasteiger partial charge < -0.3 is 20.3 Å². The monoisotopic (exact) mass is 283 g/mol. The van der Waals surface area contributed by atoms with Crippen LogP contribution in [0.1, 0.15) is 39.5 Å². The summed E-state index contributed by atoms with van der Waals surface area (Å²) in [5.74, 6) is 0.0240. The molecule has 1 atom stereocenters. The van der Waals surface area contributed by atoms with Crippen LogP contribution in [-0.2, 0) is 9.53 Å². The van der Waals surface area contributed by atoms with Crippen LogP contribution in [0.15, 0.2) is 0 Å². The van der Waals surface area contributed by atoms with Gasteiger partial charge in [0.2, 0.25) is 5.91 Å². The highest BCUT2D eigenvalue weighted by molar-refractivity contribution is 5.87. The van der Waals surface area contributed by atoms with Crippen LogP contribution in [0.4, 0.5) is 4.79 Å². The van der Waals surface area contributed by atoms with Crippen LogP contribution >= 0.6 is 0 Å². The van der Waals surface area contributed by atoms with Crippen LogP contribution in [0.5, 0.6) is 0 Å². The molecule has 0 aromatic rings. The number of carbonyl (C=O) groups excluding carboxylic acids is 2. The van der Waals surface area contributed by atoms with Crippen molar-refractivity contribution in [2.75, 3.05) is 26.2 Å². The average molecular weight is 283 g/mol. The maximum Gasteiger partial charge on any atom is 0.315 e. The van der Waals surface area contributed by atoms with E-state index in [0.717, 1.165) is 19.3 Å². The number of primary amides is 1. The van der Waals surface area contributed by atoms with Gasteiger partial charge in [0.05, 0.1) is 12.2 Å². The highest BCUT2D eigenvalue weighted by Gasteiger charge is 2.40. The molecule has 0 aromatic heterocycles. The highest BCUT2D eigenvalue weighted by atomic mass is 16.5. The van der Waals surface area contributed by atoms with E-state index >= 15 is 0 Å². The van der Waals surface area contributed by atoms with Gasteiger partial charge in [-0.15, -0.1) is 0 Å². The summed E-state index contributed by atoms with van der Waals surface area (Å²) in [6, 6.07) is -0.872. The van der Waals surface area contributed by atoms with Crippen LogP contribution in [0.2, 0.25) is 0 Å². The van der Waals surface area contributed by atoms with E-state index in [9.17, 15) is 9.59 Å². The maximum absolute atomic E-state index is 12.7. The van der Waals surface area contributed by atoms with Crippen molar-refractivity contribution in [1.29, 1.82) is 0 Å². The molecule has 0 bridgehead atoms. The highest BCUT2D eigenvalue weighted by Crippen LogP contribution is 2.27. The van der Waals surface area contributed by atoms with Gasteiger partial charge in [0.25, 0.3) is 0 Å². The largest absolute Gasteiger partial charge is 0.371 e. The number of nitrogens with zero attached hydrogens (tertiary/aromatic N) is 2. The Morgan fingerprint density at radius 2 is 2.00 bits per heavy atom. The number of urea groups is 1. The fourth-order valence-electron chi connectivity index (χ4n) is 3.21. The molecule has 2 saturated heterocycles. The minimum absolute atomic E-state index is 0.0240. The zero-order chi connectivity index (χ0) is 14.8. The van der Waals surface area contributed by atoms with E-state index in [0.29, 0.717) is 32.7 Å². The first-order valence-electron chi connectivity index (χ1n) is 7.52. The van der Waals surface area contributed by atoms with E-state index < -0.39 is 6.03 Å². The molecular weight excluding hydrogens is 258 g/mol. The Morgan fingerprint density at radius 1 is 1.30 bits per heavy atom. The number of hydrogen-bond acceptors (Lipinski definition) is 3. The lowest BCUT2D eigenvalue weighted by Crippen LogP contribution is -2.57. The van der Waals surface area contributed by atoms with Crippen molar-refractivity contribution in [1.82, 2.24) is 9.80 Å². The second-order valence-electron chi connectivity index (χ2n) is 5.69. The van der Waals surface area contributed by atoms with Crippen molar-refractivity contribution in [2.24, 2.45) is 5.73 Å². The van der Waals surface area contributed by atoms with E-state index in [1.807, 2.05) is 4.90 Å². The average Bonchev–Trinajstić information content (AvgIpc) is 2.96. The van der Waals surface area contributed by atoms with Gasteiger partial charge in [-0.05, 0) is 25.7 Å². The summed E-state index contributed by atoms with van der Waals surface area (Å²) in [5.41, 5.74) is 5.12. The lowest BCUT2D eigenvalue weighted by atomic mass is 9.94. The Bertz CT molecular complexity index is 382. The number of nitrogens with two attached hydrogens (primary N) is 1. The number of ether oxygens (including phenoxy) is 1. The fourth-order valence-corrected chi connectivity index (χ4v) is 3.21. The third-order valence-electron chi connectivity index (χ3n) is 4.67. The molecule has 114 valence electrons. The molecule has 6 nitrogen and oxygen atoms in total. The molecule has 3 amide bonds. The Balaban J connectivity index is 2.07. The molecule has 2 heterocycles. The van der Waals surface area contributed by atoms with Crippen LogP contribution < -0.4 is 5.73 Å².